The van der Waals surface area contributed by atoms with Crippen LogP contribution in [0.3, 0.4) is 0 Å². The maximum Gasteiger partial charge on any atom is -0.00140 e. The van der Waals surface area contributed by atoms with Crippen molar-refractivity contribution in [1.29, 1.82) is 0 Å². The number of hydrogen-bond donors (Lipinski definition) is 1. The van der Waals surface area contributed by atoms with Gasteiger partial charge in [-0.05, 0) is 61.4 Å². The summed E-state index contributed by atoms with van der Waals surface area (Å²) in [6.07, 6.45) is 2.28. The molecule has 22 heavy (non-hydrogen) atoms. The van der Waals surface area contributed by atoms with E-state index in [-0.39, 0.29) is 0 Å². The zero-order valence-electron chi connectivity index (χ0n) is 14.2. The molecule has 0 radical (unpaired) electrons. The van der Waals surface area contributed by atoms with Crippen LogP contribution in [0.1, 0.15) is 30.5 Å². The molecule has 1 unspecified atom stereocenters. The third-order valence-electron chi connectivity index (χ3n) is 4.12. The third kappa shape index (κ3) is 5.65. The molecule has 0 aliphatic heterocycles. The van der Waals surface area contributed by atoms with Gasteiger partial charge in [-0.25, -0.2) is 0 Å². The summed E-state index contributed by atoms with van der Waals surface area (Å²) in [5.41, 5.74) is 4.33. The van der Waals surface area contributed by atoms with Crippen molar-refractivity contribution in [3.63, 3.8) is 0 Å². The lowest BCUT2D eigenvalue weighted by Gasteiger charge is -2.20. The van der Waals surface area contributed by atoms with Gasteiger partial charge in [0, 0.05) is 0 Å². The van der Waals surface area contributed by atoms with Gasteiger partial charge in [0.25, 0.3) is 0 Å². The van der Waals surface area contributed by atoms with E-state index in [1.165, 1.54) is 16.7 Å². The fraction of sp³-hybridized carbons (Fsp3) is 0.429. The maximum atomic E-state index is 3.64. The minimum Gasteiger partial charge on any atom is -0.316 e. The van der Waals surface area contributed by atoms with Crippen LogP contribution in [0, 0.1) is 18.8 Å². The molecule has 0 aliphatic rings. The topological polar surface area (TPSA) is 12.0 Å². The van der Waals surface area contributed by atoms with E-state index < -0.39 is 0 Å². The lowest BCUT2D eigenvalue weighted by atomic mass is 9.90. The Hall–Kier alpha value is -1.60. The van der Waals surface area contributed by atoms with Crippen LogP contribution in [0.25, 0.3) is 0 Å². The van der Waals surface area contributed by atoms with Crippen LogP contribution in [0.5, 0.6) is 0 Å². The van der Waals surface area contributed by atoms with Crippen LogP contribution in [0.2, 0.25) is 0 Å². The van der Waals surface area contributed by atoms with E-state index >= 15 is 0 Å². The minimum absolute atomic E-state index is 0.641. The van der Waals surface area contributed by atoms with Gasteiger partial charge < -0.3 is 5.32 Å². The predicted molar refractivity (Wildman–Crippen MR) is 96.2 cm³/mol. The lowest BCUT2D eigenvalue weighted by Crippen LogP contribution is -2.29. The molecule has 0 aromatic heterocycles. The molecule has 2 aromatic rings. The quantitative estimate of drug-likeness (QED) is 0.748. The SMILES string of the molecule is Cc1ccccc1CC(CNCC(C)C)Cc1ccccc1. The maximum absolute atomic E-state index is 3.64. The molecule has 0 heterocycles. The van der Waals surface area contributed by atoms with Crippen molar-refractivity contribution in [3.8, 4) is 0 Å². The van der Waals surface area contributed by atoms with Crippen LogP contribution in [-0.4, -0.2) is 13.1 Å². The minimum atomic E-state index is 0.641. The average Bonchev–Trinajstić information content (AvgIpc) is 2.50. The van der Waals surface area contributed by atoms with E-state index in [0.29, 0.717) is 11.8 Å². The molecular weight excluding hydrogens is 266 g/mol. The highest BCUT2D eigenvalue weighted by atomic mass is 14.9. The van der Waals surface area contributed by atoms with E-state index in [4.69, 9.17) is 0 Å². The highest BCUT2D eigenvalue weighted by molar-refractivity contribution is 5.26. The summed E-state index contributed by atoms with van der Waals surface area (Å²) in [6.45, 7) is 8.93. The van der Waals surface area contributed by atoms with Crippen molar-refractivity contribution in [2.24, 2.45) is 11.8 Å². The molecule has 2 rings (SSSR count). The van der Waals surface area contributed by atoms with Gasteiger partial charge in [0.2, 0.25) is 0 Å². The van der Waals surface area contributed by atoms with Crippen molar-refractivity contribution in [2.45, 2.75) is 33.6 Å². The molecular formula is C21H29N. The lowest BCUT2D eigenvalue weighted by molar-refractivity contribution is 0.445. The van der Waals surface area contributed by atoms with Gasteiger partial charge >= 0.3 is 0 Å². The standard InChI is InChI=1S/C21H29N/c1-17(2)15-22-16-20(13-19-10-5-4-6-11-19)14-21-12-8-7-9-18(21)3/h4-12,17,20,22H,13-16H2,1-3H3. The van der Waals surface area contributed by atoms with Crippen molar-refractivity contribution >= 4 is 0 Å². The molecule has 1 nitrogen and oxygen atoms in total. The summed E-state index contributed by atoms with van der Waals surface area (Å²) in [7, 11) is 0. The Morgan fingerprint density at radius 2 is 1.50 bits per heavy atom. The van der Waals surface area contributed by atoms with E-state index in [0.717, 1.165) is 25.9 Å². The molecule has 0 aliphatic carbocycles. The molecule has 2 aromatic carbocycles. The van der Waals surface area contributed by atoms with Crippen LogP contribution in [-0.2, 0) is 12.8 Å². The predicted octanol–water partition coefficient (Wildman–Crippen LogP) is 4.64. The zero-order chi connectivity index (χ0) is 15.8. The Morgan fingerprint density at radius 3 is 2.18 bits per heavy atom. The number of rotatable bonds is 8. The Kier molecular flexibility index (Phi) is 6.67. The third-order valence-corrected chi connectivity index (χ3v) is 4.12. The van der Waals surface area contributed by atoms with E-state index in [2.05, 4.69) is 80.7 Å². The van der Waals surface area contributed by atoms with Crippen LogP contribution in [0.15, 0.2) is 54.6 Å². The summed E-state index contributed by atoms with van der Waals surface area (Å²) >= 11 is 0. The Balaban J connectivity index is 2.02. The normalized spacial score (nSPS) is 12.5. The molecule has 0 bridgehead atoms. The zero-order valence-corrected chi connectivity index (χ0v) is 14.2. The Labute approximate surface area is 135 Å². The van der Waals surface area contributed by atoms with Crippen LogP contribution >= 0.6 is 0 Å². The largest absolute Gasteiger partial charge is 0.316 e. The van der Waals surface area contributed by atoms with E-state index in [9.17, 15) is 0 Å². The first kappa shape index (κ1) is 16.8. The smallest absolute Gasteiger partial charge is 0.00140 e. The van der Waals surface area contributed by atoms with Gasteiger partial charge in [-0.2, -0.15) is 0 Å². The molecule has 118 valence electrons. The van der Waals surface area contributed by atoms with Crippen molar-refractivity contribution in [2.75, 3.05) is 13.1 Å². The van der Waals surface area contributed by atoms with Crippen molar-refractivity contribution in [1.82, 2.24) is 5.32 Å². The molecule has 1 heteroatoms. The van der Waals surface area contributed by atoms with Crippen LogP contribution < -0.4 is 5.32 Å². The fourth-order valence-electron chi connectivity index (χ4n) is 2.89. The first-order chi connectivity index (χ1) is 10.6. The average molecular weight is 295 g/mol. The highest BCUT2D eigenvalue weighted by Crippen LogP contribution is 2.17. The van der Waals surface area contributed by atoms with Gasteiger partial charge in [-0.3, -0.25) is 0 Å². The van der Waals surface area contributed by atoms with Gasteiger partial charge in [0.15, 0.2) is 0 Å². The molecule has 1 atom stereocenters. The first-order valence-corrected chi connectivity index (χ1v) is 8.44. The summed E-state index contributed by atoms with van der Waals surface area (Å²) in [5.74, 6) is 1.35. The Bertz CT molecular complexity index is 545. The highest BCUT2D eigenvalue weighted by Gasteiger charge is 2.12. The summed E-state index contributed by atoms with van der Waals surface area (Å²) in [5, 5.41) is 3.64. The van der Waals surface area contributed by atoms with Gasteiger partial charge in [0.05, 0.1) is 0 Å². The van der Waals surface area contributed by atoms with E-state index in [1.54, 1.807) is 0 Å². The van der Waals surface area contributed by atoms with Gasteiger partial charge in [-0.15, -0.1) is 0 Å². The van der Waals surface area contributed by atoms with Gasteiger partial charge in [0.1, 0.15) is 0 Å². The molecule has 0 saturated heterocycles. The van der Waals surface area contributed by atoms with Crippen LogP contribution in [0.4, 0.5) is 0 Å². The summed E-state index contributed by atoms with van der Waals surface area (Å²) in [6, 6.07) is 19.6. The van der Waals surface area contributed by atoms with Crippen molar-refractivity contribution in [3.05, 3.63) is 71.3 Å². The van der Waals surface area contributed by atoms with Gasteiger partial charge in [-0.1, -0.05) is 68.4 Å². The monoisotopic (exact) mass is 295 g/mol. The number of nitrogens with one attached hydrogen (secondary N) is 1. The molecule has 1 N–H and O–H groups in total. The second kappa shape index (κ2) is 8.75. The van der Waals surface area contributed by atoms with Crippen molar-refractivity contribution < 1.29 is 0 Å². The fourth-order valence-corrected chi connectivity index (χ4v) is 2.89. The number of benzene rings is 2. The second-order valence-electron chi connectivity index (χ2n) is 6.74. The van der Waals surface area contributed by atoms with E-state index in [1.807, 2.05) is 0 Å². The second-order valence-corrected chi connectivity index (χ2v) is 6.74. The summed E-state index contributed by atoms with van der Waals surface area (Å²) in [4.78, 5) is 0. The Morgan fingerprint density at radius 1 is 0.818 bits per heavy atom. The summed E-state index contributed by atoms with van der Waals surface area (Å²) < 4.78 is 0. The number of hydrogen-bond acceptors (Lipinski definition) is 1. The molecule has 0 spiro atoms. The molecule has 0 saturated carbocycles. The first-order valence-electron chi connectivity index (χ1n) is 8.44. The molecule has 0 fully saturated rings. The number of aryl methyl sites for hydroxylation is 1. The molecule has 0 amide bonds.